The van der Waals surface area contributed by atoms with Crippen LogP contribution < -0.4 is 11.1 Å². The molecule has 0 atom stereocenters. The second kappa shape index (κ2) is 5.54. The van der Waals surface area contributed by atoms with E-state index < -0.39 is 11.7 Å². The molecular weight excluding hydrogens is 337 g/mol. The van der Waals surface area contributed by atoms with Crippen molar-refractivity contribution in [2.75, 3.05) is 11.1 Å². The summed E-state index contributed by atoms with van der Waals surface area (Å²) in [7, 11) is 0. The van der Waals surface area contributed by atoms with Crippen molar-refractivity contribution in [3.63, 3.8) is 0 Å². The quantitative estimate of drug-likeness (QED) is 0.876. The van der Waals surface area contributed by atoms with Crippen molar-refractivity contribution in [3.8, 4) is 0 Å². The number of carbonyl (C=O) groups excluding carboxylic acids is 1. The molecule has 0 aliphatic carbocycles. The topological polar surface area (TPSA) is 68.0 Å². The van der Waals surface area contributed by atoms with Crippen molar-refractivity contribution in [1.29, 1.82) is 0 Å². The third-order valence-corrected chi connectivity index (χ3v) is 3.19. The Labute approximate surface area is 121 Å². The van der Waals surface area contributed by atoms with Gasteiger partial charge in [-0.3, -0.25) is 4.79 Å². The highest BCUT2D eigenvalue weighted by Gasteiger charge is 2.11. The van der Waals surface area contributed by atoms with Gasteiger partial charge in [-0.1, -0.05) is 11.6 Å². The van der Waals surface area contributed by atoms with Crippen LogP contribution in [0.3, 0.4) is 0 Å². The van der Waals surface area contributed by atoms with E-state index in [4.69, 9.17) is 17.3 Å². The maximum absolute atomic E-state index is 13.3. The molecule has 0 aliphatic rings. The standard InChI is InChI=1S/C12H8BrClFN3O/c13-8-4-7(16)5-17-11(8)18-12(19)6-1-2-9(14)10(15)3-6/h1-5H,16H2,(H,17,18,19). The molecule has 0 bridgehead atoms. The summed E-state index contributed by atoms with van der Waals surface area (Å²) >= 11 is 8.77. The van der Waals surface area contributed by atoms with Crippen LogP contribution in [0.15, 0.2) is 34.9 Å². The summed E-state index contributed by atoms with van der Waals surface area (Å²) in [6.07, 6.45) is 1.41. The monoisotopic (exact) mass is 343 g/mol. The Morgan fingerprint density at radius 3 is 2.79 bits per heavy atom. The number of hydrogen-bond acceptors (Lipinski definition) is 3. The molecule has 0 spiro atoms. The van der Waals surface area contributed by atoms with Gasteiger partial charge in [0.1, 0.15) is 11.6 Å². The minimum Gasteiger partial charge on any atom is -0.397 e. The van der Waals surface area contributed by atoms with E-state index >= 15 is 0 Å². The van der Waals surface area contributed by atoms with Crippen LogP contribution in [-0.2, 0) is 0 Å². The number of nitrogen functional groups attached to an aromatic ring is 1. The van der Waals surface area contributed by atoms with Gasteiger partial charge in [0, 0.05) is 5.56 Å². The van der Waals surface area contributed by atoms with Crippen LogP contribution in [0.2, 0.25) is 5.02 Å². The number of nitrogens with zero attached hydrogens (tertiary/aromatic N) is 1. The molecule has 1 aromatic heterocycles. The molecule has 0 unspecified atom stereocenters. The molecule has 19 heavy (non-hydrogen) atoms. The van der Waals surface area contributed by atoms with Gasteiger partial charge in [0.15, 0.2) is 0 Å². The first-order valence-corrected chi connectivity index (χ1v) is 6.32. The number of rotatable bonds is 2. The molecule has 1 heterocycles. The van der Waals surface area contributed by atoms with Crippen molar-refractivity contribution in [2.24, 2.45) is 0 Å². The number of pyridine rings is 1. The zero-order valence-corrected chi connectivity index (χ0v) is 11.8. The molecule has 1 aromatic carbocycles. The van der Waals surface area contributed by atoms with E-state index in [0.29, 0.717) is 16.0 Å². The Balaban J connectivity index is 2.23. The Morgan fingerprint density at radius 1 is 1.42 bits per heavy atom. The van der Waals surface area contributed by atoms with Gasteiger partial charge in [0.05, 0.1) is 21.4 Å². The van der Waals surface area contributed by atoms with Gasteiger partial charge in [-0.25, -0.2) is 9.37 Å². The fraction of sp³-hybridized carbons (Fsp3) is 0. The van der Waals surface area contributed by atoms with Gasteiger partial charge < -0.3 is 11.1 Å². The molecule has 98 valence electrons. The van der Waals surface area contributed by atoms with E-state index in [0.717, 1.165) is 6.07 Å². The largest absolute Gasteiger partial charge is 0.397 e. The maximum atomic E-state index is 13.3. The Kier molecular flexibility index (Phi) is 4.01. The van der Waals surface area contributed by atoms with Crippen LogP contribution in [-0.4, -0.2) is 10.9 Å². The third kappa shape index (κ3) is 3.21. The first-order valence-electron chi connectivity index (χ1n) is 5.15. The zero-order valence-electron chi connectivity index (χ0n) is 9.45. The first kappa shape index (κ1) is 13.8. The zero-order chi connectivity index (χ0) is 14.0. The van der Waals surface area contributed by atoms with Crippen LogP contribution in [0.1, 0.15) is 10.4 Å². The van der Waals surface area contributed by atoms with E-state index in [2.05, 4.69) is 26.2 Å². The molecule has 4 nitrogen and oxygen atoms in total. The lowest BCUT2D eigenvalue weighted by Crippen LogP contribution is -2.13. The highest BCUT2D eigenvalue weighted by molar-refractivity contribution is 9.10. The molecule has 3 N–H and O–H groups in total. The SMILES string of the molecule is Nc1cnc(NC(=O)c2ccc(Cl)c(F)c2)c(Br)c1. The molecule has 2 aromatic rings. The van der Waals surface area contributed by atoms with Crippen molar-refractivity contribution in [1.82, 2.24) is 4.98 Å². The smallest absolute Gasteiger partial charge is 0.256 e. The fourth-order valence-corrected chi connectivity index (χ4v) is 1.95. The maximum Gasteiger partial charge on any atom is 0.256 e. The minimum absolute atomic E-state index is 0.0386. The first-order chi connectivity index (χ1) is 8.97. The van der Waals surface area contributed by atoms with E-state index in [-0.39, 0.29) is 10.6 Å². The average molecular weight is 345 g/mol. The molecule has 0 fully saturated rings. The van der Waals surface area contributed by atoms with Crippen molar-refractivity contribution < 1.29 is 9.18 Å². The Bertz CT molecular complexity index is 651. The number of amides is 1. The molecule has 2 rings (SSSR count). The molecular formula is C12H8BrClFN3O. The number of nitrogens with one attached hydrogen (secondary N) is 1. The lowest BCUT2D eigenvalue weighted by atomic mass is 10.2. The summed E-state index contributed by atoms with van der Waals surface area (Å²) < 4.78 is 13.8. The average Bonchev–Trinajstić information content (AvgIpc) is 2.36. The minimum atomic E-state index is -0.654. The normalized spacial score (nSPS) is 10.3. The summed E-state index contributed by atoms with van der Waals surface area (Å²) in [5.41, 5.74) is 6.14. The van der Waals surface area contributed by atoms with E-state index in [1.54, 1.807) is 6.07 Å². The Morgan fingerprint density at radius 2 is 2.16 bits per heavy atom. The summed E-state index contributed by atoms with van der Waals surface area (Å²) in [4.78, 5) is 15.9. The second-order valence-corrected chi connectivity index (χ2v) is 4.94. The number of benzene rings is 1. The molecule has 1 amide bonds. The molecule has 0 saturated heterocycles. The number of nitrogens with two attached hydrogens (primary N) is 1. The van der Waals surface area contributed by atoms with Crippen LogP contribution in [0.25, 0.3) is 0 Å². The highest BCUT2D eigenvalue weighted by Crippen LogP contribution is 2.23. The number of anilines is 2. The third-order valence-electron chi connectivity index (χ3n) is 2.28. The number of hydrogen-bond donors (Lipinski definition) is 2. The van der Waals surface area contributed by atoms with Gasteiger partial charge in [-0.05, 0) is 40.2 Å². The summed E-state index contributed by atoms with van der Waals surface area (Å²) in [6.45, 7) is 0. The van der Waals surface area contributed by atoms with Crippen molar-refractivity contribution in [3.05, 3.63) is 51.3 Å². The van der Waals surface area contributed by atoms with E-state index in [1.165, 1.54) is 18.3 Å². The summed E-state index contributed by atoms with van der Waals surface area (Å²) in [6, 6.07) is 5.40. The number of halogens is 3. The molecule has 7 heteroatoms. The highest BCUT2D eigenvalue weighted by atomic mass is 79.9. The van der Waals surface area contributed by atoms with Gasteiger partial charge in [-0.15, -0.1) is 0 Å². The van der Waals surface area contributed by atoms with E-state index in [1.807, 2.05) is 0 Å². The molecule has 0 aliphatic heterocycles. The van der Waals surface area contributed by atoms with Gasteiger partial charge in [0.2, 0.25) is 0 Å². The lowest BCUT2D eigenvalue weighted by molar-refractivity contribution is 0.102. The van der Waals surface area contributed by atoms with Crippen molar-refractivity contribution >= 4 is 44.9 Å². The Hall–Kier alpha value is -1.66. The van der Waals surface area contributed by atoms with Gasteiger partial charge in [0.25, 0.3) is 5.91 Å². The lowest BCUT2D eigenvalue weighted by Gasteiger charge is -2.07. The molecule has 0 radical (unpaired) electrons. The predicted molar refractivity (Wildman–Crippen MR) is 75.7 cm³/mol. The van der Waals surface area contributed by atoms with Crippen molar-refractivity contribution in [2.45, 2.75) is 0 Å². The summed E-state index contributed by atoms with van der Waals surface area (Å²) in [5, 5.41) is 2.50. The molecule has 0 saturated carbocycles. The predicted octanol–water partition coefficient (Wildman–Crippen LogP) is 3.47. The van der Waals surface area contributed by atoms with E-state index in [9.17, 15) is 9.18 Å². The van der Waals surface area contributed by atoms with Crippen LogP contribution >= 0.6 is 27.5 Å². The fourth-order valence-electron chi connectivity index (χ4n) is 1.36. The van der Waals surface area contributed by atoms with Crippen LogP contribution in [0.5, 0.6) is 0 Å². The number of aromatic nitrogens is 1. The second-order valence-electron chi connectivity index (χ2n) is 3.68. The van der Waals surface area contributed by atoms with Crippen LogP contribution in [0, 0.1) is 5.82 Å². The number of carbonyl (C=O) groups is 1. The van der Waals surface area contributed by atoms with Crippen LogP contribution in [0.4, 0.5) is 15.9 Å². The summed E-state index contributed by atoms with van der Waals surface area (Å²) in [5.74, 6) is -0.846. The van der Waals surface area contributed by atoms with Gasteiger partial charge >= 0.3 is 0 Å². The van der Waals surface area contributed by atoms with Gasteiger partial charge in [-0.2, -0.15) is 0 Å².